The van der Waals surface area contributed by atoms with E-state index in [1.807, 2.05) is 18.2 Å². The Morgan fingerprint density at radius 1 is 1.50 bits per heavy atom. The number of aliphatic carboxylic acids is 1. The van der Waals surface area contributed by atoms with E-state index in [1.54, 1.807) is 6.07 Å². The first-order chi connectivity index (χ1) is 7.74. The van der Waals surface area contributed by atoms with Gasteiger partial charge in [0, 0.05) is 12.1 Å². The van der Waals surface area contributed by atoms with E-state index in [0.29, 0.717) is 12.3 Å². The molecule has 0 spiro atoms. The predicted octanol–water partition coefficient (Wildman–Crippen LogP) is 0.873. The van der Waals surface area contributed by atoms with Gasteiger partial charge in [-0.1, -0.05) is 24.1 Å². The van der Waals surface area contributed by atoms with Crippen molar-refractivity contribution in [2.75, 3.05) is 13.2 Å². The lowest BCUT2D eigenvalue weighted by Gasteiger charge is -2.09. The maximum atomic E-state index is 10.3. The van der Waals surface area contributed by atoms with Gasteiger partial charge < -0.3 is 15.2 Å². The number of carbonyl (C=O) groups is 1. The molecule has 1 aromatic carbocycles. The molecule has 1 rings (SSSR count). The van der Waals surface area contributed by atoms with E-state index in [9.17, 15) is 4.79 Å². The molecule has 0 unspecified atom stereocenters. The first-order valence-electron chi connectivity index (χ1n) is 4.80. The first kappa shape index (κ1) is 12.1. The number of nitrogens with one attached hydrogen (secondary N) is 1. The topological polar surface area (TPSA) is 58.6 Å². The van der Waals surface area contributed by atoms with Gasteiger partial charge in [-0.05, 0) is 6.07 Å². The smallest absolute Gasteiger partial charge is 0.317 e. The summed E-state index contributed by atoms with van der Waals surface area (Å²) in [7, 11) is 0. The normalized spacial score (nSPS) is 9.44. The number of para-hydroxylation sites is 1. The third kappa shape index (κ3) is 4.03. The van der Waals surface area contributed by atoms with Gasteiger partial charge >= 0.3 is 5.97 Å². The molecular weight excluding hydrogens is 206 g/mol. The number of terminal acetylenes is 1. The molecule has 0 aliphatic carbocycles. The molecule has 0 fully saturated rings. The first-order valence-corrected chi connectivity index (χ1v) is 4.80. The molecule has 0 aliphatic rings. The monoisotopic (exact) mass is 219 g/mol. The van der Waals surface area contributed by atoms with Crippen molar-refractivity contribution in [3.8, 4) is 18.1 Å². The summed E-state index contributed by atoms with van der Waals surface area (Å²) in [5.41, 5.74) is 0.888. The van der Waals surface area contributed by atoms with Crippen LogP contribution in [-0.2, 0) is 11.3 Å². The molecule has 2 N–H and O–H groups in total. The van der Waals surface area contributed by atoms with Crippen molar-refractivity contribution in [2.45, 2.75) is 6.54 Å². The van der Waals surface area contributed by atoms with Crippen LogP contribution in [0.5, 0.6) is 5.75 Å². The van der Waals surface area contributed by atoms with Gasteiger partial charge in [-0.2, -0.15) is 0 Å². The zero-order valence-electron chi connectivity index (χ0n) is 8.77. The van der Waals surface area contributed by atoms with Crippen molar-refractivity contribution in [3.63, 3.8) is 0 Å². The molecule has 16 heavy (non-hydrogen) atoms. The predicted molar refractivity (Wildman–Crippen MR) is 60.1 cm³/mol. The summed E-state index contributed by atoms with van der Waals surface area (Å²) < 4.78 is 5.32. The second-order valence-electron chi connectivity index (χ2n) is 3.10. The highest BCUT2D eigenvalue weighted by molar-refractivity contribution is 5.69. The zero-order valence-corrected chi connectivity index (χ0v) is 8.77. The molecular formula is C12H13NO3. The molecule has 0 amide bonds. The summed E-state index contributed by atoms with van der Waals surface area (Å²) in [4.78, 5) is 10.3. The van der Waals surface area contributed by atoms with Gasteiger partial charge in [0.2, 0.25) is 0 Å². The fourth-order valence-corrected chi connectivity index (χ4v) is 1.21. The summed E-state index contributed by atoms with van der Waals surface area (Å²) in [6.45, 7) is 0.562. The van der Waals surface area contributed by atoms with Crippen LogP contribution in [0.3, 0.4) is 0 Å². The summed E-state index contributed by atoms with van der Waals surface area (Å²) in [5.74, 6) is 2.17. The minimum Gasteiger partial charge on any atom is -0.481 e. The van der Waals surface area contributed by atoms with Crippen LogP contribution in [0.1, 0.15) is 5.56 Å². The second kappa shape index (κ2) is 6.49. The van der Waals surface area contributed by atoms with Crippen molar-refractivity contribution < 1.29 is 14.6 Å². The molecule has 0 aliphatic heterocycles. The van der Waals surface area contributed by atoms with Crippen molar-refractivity contribution in [1.82, 2.24) is 5.32 Å². The van der Waals surface area contributed by atoms with E-state index in [4.69, 9.17) is 16.3 Å². The molecule has 0 radical (unpaired) electrons. The highest BCUT2D eigenvalue weighted by atomic mass is 16.5. The fraction of sp³-hybridized carbons (Fsp3) is 0.250. The lowest BCUT2D eigenvalue weighted by molar-refractivity contribution is -0.135. The van der Waals surface area contributed by atoms with Crippen LogP contribution < -0.4 is 10.1 Å². The number of ether oxygens (including phenoxy) is 1. The molecule has 1 aromatic rings. The Kier molecular flexibility index (Phi) is 4.90. The number of rotatable bonds is 6. The van der Waals surface area contributed by atoms with Gasteiger partial charge in [0.15, 0.2) is 0 Å². The number of benzene rings is 1. The summed E-state index contributed by atoms with van der Waals surface area (Å²) in [5, 5.41) is 11.3. The van der Waals surface area contributed by atoms with Crippen molar-refractivity contribution >= 4 is 5.97 Å². The molecule has 0 bridgehead atoms. The van der Waals surface area contributed by atoms with Crippen LogP contribution in [-0.4, -0.2) is 24.2 Å². The molecule has 4 nitrogen and oxygen atoms in total. The van der Waals surface area contributed by atoms with Crippen molar-refractivity contribution in [1.29, 1.82) is 0 Å². The summed E-state index contributed by atoms with van der Waals surface area (Å²) in [6.07, 6.45) is 5.10. The van der Waals surface area contributed by atoms with Crippen LogP contribution in [0.15, 0.2) is 24.3 Å². The molecule has 4 heteroatoms. The standard InChI is InChI=1S/C12H13NO3/c1-2-7-16-11-6-4-3-5-10(11)8-13-9-12(14)15/h1,3-6,13H,7-9H2,(H,14,15). The Morgan fingerprint density at radius 2 is 2.25 bits per heavy atom. The Balaban J connectivity index is 2.57. The number of hydrogen-bond acceptors (Lipinski definition) is 3. The Hall–Kier alpha value is -1.99. The fourth-order valence-electron chi connectivity index (χ4n) is 1.21. The molecule has 0 aromatic heterocycles. The van der Waals surface area contributed by atoms with Gasteiger partial charge in [0.1, 0.15) is 12.4 Å². The highest BCUT2D eigenvalue weighted by Gasteiger charge is 2.02. The van der Waals surface area contributed by atoms with Crippen LogP contribution in [0.4, 0.5) is 0 Å². The second-order valence-corrected chi connectivity index (χ2v) is 3.10. The van der Waals surface area contributed by atoms with Crippen LogP contribution in [0, 0.1) is 12.3 Å². The van der Waals surface area contributed by atoms with Crippen molar-refractivity contribution in [2.24, 2.45) is 0 Å². The molecule has 0 saturated carbocycles. The van der Waals surface area contributed by atoms with Crippen LogP contribution in [0.2, 0.25) is 0 Å². The SMILES string of the molecule is C#CCOc1ccccc1CNCC(=O)O. The average molecular weight is 219 g/mol. The summed E-state index contributed by atoms with van der Waals surface area (Å²) >= 11 is 0. The van der Waals surface area contributed by atoms with E-state index in [2.05, 4.69) is 11.2 Å². The van der Waals surface area contributed by atoms with E-state index >= 15 is 0 Å². The lowest BCUT2D eigenvalue weighted by Crippen LogP contribution is -2.22. The van der Waals surface area contributed by atoms with E-state index in [0.717, 1.165) is 5.56 Å². The Bertz CT molecular complexity index is 395. The molecule has 84 valence electrons. The highest BCUT2D eigenvalue weighted by Crippen LogP contribution is 2.17. The number of carboxylic acid groups (broad SMARTS) is 1. The van der Waals surface area contributed by atoms with Crippen LogP contribution in [0.25, 0.3) is 0 Å². The third-order valence-corrected chi connectivity index (χ3v) is 1.88. The Morgan fingerprint density at radius 3 is 2.94 bits per heavy atom. The number of hydrogen-bond donors (Lipinski definition) is 2. The maximum Gasteiger partial charge on any atom is 0.317 e. The Labute approximate surface area is 94.2 Å². The van der Waals surface area contributed by atoms with Gasteiger partial charge in [0.25, 0.3) is 0 Å². The third-order valence-electron chi connectivity index (χ3n) is 1.88. The van der Waals surface area contributed by atoms with Crippen LogP contribution >= 0.6 is 0 Å². The van der Waals surface area contributed by atoms with E-state index in [-0.39, 0.29) is 13.2 Å². The molecule has 0 atom stereocenters. The van der Waals surface area contributed by atoms with Crippen molar-refractivity contribution in [3.05, 3.63) is 29.8 Å². The van der Waals surface area contributed by atoms with Gasteiger partial charge in [-0.3, -0.25) is 4.79 Å². The molecule has 0 saturated heterocycles. The lowest BCUT2D eigenvalue weighted by atomic mass is 10.2. The van der Waals surface area contributed by atoms with E-state index < -0.39 is 5.97 Å². The van der Waals surface area contributed by atoms with Gasteiger partial charge in [0.05, 0.1) is 6.54 Å². The zero-order chi connectivity index (χ0) is 11.8. The minimum atomic E-state index is -0.887. The van der Waals surface area contributed by atoms with Gasteiger partial charge in [-0.15, -0.1) is 6.42 Å². The molecule has 0 heterocycles. The quantitative estimate of drug-likeness (QED) is 0.697. The summed E-state index contributed by atoms with van der Waals surface area (Å²) in [6, 6.07) is 7.36. The number of carboxylic acids is 1. The van der Waals surface area contributed by atoms with E-state index in [1.165, 1.54) is 0 Å². The minimum absolute atomic E-state index is 0.0799. The van der Waals surface area contributed by atoms with Gasteiger partial charge in [-0.25, -0.2) is 0 Å². The largest absolute Gasteiger partial charge is 0.481 e. The maximum absolute atomic E-state index is 10.3. The average Bonchev–Trinajstić information content (AvgIpc) is 2.27.